The number of sulfonamides is 1. The molecule has 2 aromatic heterocycles. The molecular formula is C14H19BrN6O3S. The summed E-state index contributed by atoms with van der Waals surface area (Å²) in [7, 11) is -1.89. The molecule has 0 radical (unpaired) electrons. The van der Waals surface area contributed by atoms with Gasteiger partial charge in [-0.15, -0.1) is 0 Å². The molecule has 1 aliphatic rings. The van der Waals surface area contributed by atoms with Crippen LogP contribution in [0, 0.1) is 6.92 Å². The van der Waals surface area contributed by atoms with Crippen molar-refractivity contribution in [3.8, 4) is 0 Å². The molecule has 11 heteroatoms. The highest BCUT2D eigenvalue weighted by atomic mass is 79.9. The zero-order chi connectivity index (χ0) is 18.2. The maximum absolute atomic E-state index is 12.6. The third kappa shape index (κ3) is 3.77. The topological polar surface area (TPSA) is 93.3 Å². The molecule has 25 heavy (non-hydrogen) atoms. The fourth-order valence-corrected chi connectivity index (χ4v) is 4.40. The van der Waals surface area contributed by atoms with Crippen molar-refractivity contribution >= 4 is 31.9 Å². The quantitative estimate of drug-likeness (QED) is 0.691. The van der Waals surface area contributed by atoms with E-state index >= 15 is 0 Å². The predicted octanol–water partition coefficient (Wildman–Crippen LogP) is 0.221. The van der Waals surface area contributed by atoms with E-state index in [1.54, 1.807) is 22.8 Å². The van der Waals surface area contributed by atoms with E-state index in [9.17, 15) is 13.2 Å². The molecule has 1 amide bonds. The Kier molecular flexibility index (Phi) is 4.98. The number of halogens is 1. The largest absolute Gasteiger partial charge is 0.338 e. The highest BCUT2D eigenvalue weighted by Gasteiger charge is 2.31. The lowest BCUT2D eigenvalue weighted by Gasteiger charge is -2.33. The lowest BCUT2D eigenvalue weighted by Crippen LogP contribution is -2.51. The van der Waals surface area contributed by atoms with Crippen LogP contribution < -0.4 is 0 Å². The van der Waals surface area contributed by atoms with Gasteiger partial charge in [0.15, 0.2) is 0 Å². The maximum atomic E-state index is 12.6. The van der Waals surface area contributed by atoms with Crippen LogP contribution in [0.4, 0.5) is 0 Å². The number of piperazine rings is 1. The molecule has 0 aliphatic carbocycles. The van der Waals surface area contributed by atoms with E-state index in [0.717, 1.165) is 10.2 Å². The number of nitrogens with zero attached hydrogens (tertiary/aromatic N) is 6. The molecule has 0 N–H and O–H groups in total. The lowest BCUT2D eigenvalue weighted by molar-refractivity contribution is -0.133. The molecule has 9 nitrogen and oxygen atoms in total. The highest BCUT2D eigenvalue weighted by Crippen LogP contribution is 2.17. The number of amides is 1. The Hall–Kier alpha value is -1.72. The predicted molar refractivity (Wildman–Crippen MR) is 93.2 cm³/mol. The van der Waals surface area contributed by atoms with Gasteiger partial charge in [0.1, 0.15) is 11.4 Å². The van der Waals surface area contributed by atoms with Crippen molar-refractivity contribution < 1.29 is 13.2 Å². The van der Waals surface area contributed by atoms with E-state index in [1.807, 2.05) is 6.92 Å². The van der Waals surface area contributed by atoms with Gasteiger partial charge in [-0.3, -0.25) is 14.2 Å². The minimum Gasteiger partial charge on any atom is -0.338 e. The maximum Gasteiger partial charge on any atom is 0.246 e. The minimum atomic E-state index is -3.56. The Labute approximate surface area is 154 Å². The van der Waals surface area contributed by atoms with Gasteiger partial charge in [0.25, 0.3) is 0 Å². The molecule has 3 rings (SSSR count). The number of hydrogen-bond acceptors (Lipinski definition) is 5. The normalized spacial score (nSPS) is 16.4. The van der Waals surface area contributed by atoms with Crippen LogP contribution in [0.3, 0.4) is 0 Å². The van der Waals surface area contributed by atoms with Crippen molar-refractivity contribution in [2.45, 2.75) is 18.4 Å². The standard InChI is InChI=1S/C14H19BrN6O3S/c1-11-13(15)9-20(17-11)10-14(22)19-3-5-21(6-4-19)25(23,24)12-7-16-18(2)8-12/h7-9H,3-6,10H2,1-2H3. The molecule has 0 saturated carbocycles. The molecule has 1 fully saturated rings. The number of carbonyl (C=O) groups is 1. The first kappa shape index (κ1) is 18.1. The Morgan fingerprint density at radius 3 is 2.44 bits per heavy atom. The van der Waals surface area contributed by atoms with Crippen LogP contribution in [0.5, 0.6) is 0 Å². The minimum absolute atomic E-state index is 0.0755. The average molecular weight is 431 g/mol. The smallest absolute Gasteiger partial charge is 0.246 e. The van der Waals surface area contributed by atoms with Crippen molar-refractivity contribution in [1.82, 2.24) is 28.8 Å². The third-order valence-corrected chi connectivity index (χ3v) is 6.72. The Balaban J connectivity index is 1.60. The lowest BCUT2D eigenvalue weighted by atomic mass is 10.3. The van der Waals surface area contributed by atoms with E-state index in [2.05, 4.69) is 26.1 Å². The molecule has 1 aliphatic heterocycles. The number of rotatable bonds is 4. The van der Waals surface area contributed by atoms with E-state index in [1.165, 1.54) is 21.4 Å². The molecule has 136 valence electrons. The molecule has 2 aromatic rings. The number of aromatic nitrogens is 4. The number of hydrogen-bond donors (Lipinski definition) is 0. The molecular weight excluding hydrogens is 412 g/mol. The number of carbonyl (C=O) groups excluding carboxylic acids is 1. The van der Waals surface area contributed by atoms with Gasteiger partial charge in [0.2, 0.25) is 15.9 Å². The first-order valence-electron chi connectivity index (χ1n) is 7.73. The SMILES string of the molecule is Cc1nn(CC(=O)N2CCN(S(=O)(=O)c3cnn(C)c3)CC2)cc1Br. The first-order valence-corrected chi connectivity index (χ1v) is 9.97. The Morgan fingerprint density at radius 1 is 1.24 bits per heavy atom. The van der Waals surface area contributed by atoms with E-state index < -0.39 is 10.0 Å². The second kappa shape index (κ2) is 6.89. The van der Waals surface area contributed by atoms with Crippen LogP contribution >= 0.6 is 15.9 Å². The zero-order valence-electron chi connectivity index (χ0n) is 14.0. The summed E-state index contributed by atoms with van der Waals surface area (Å²) in [5.74, 6) is -0.0755. The summed E-state index contributed by atoms with van der Waals surface area (Å²) in [4.78, 5) is 14.2. The van der Waals surface area contributed by atoms with Crippen molar-refractivity contribution in [2.24, 2.45) is 7.05 Å². The summed E-state index contributed by atoms with van der Waals surface area (Å²) in [6.45, 7) is 3.25. The summed E-state index contributed by atoms with van der Waals surface area (Å²) >= 11 is 3.37. The first-order chi connectivity index (χ1) is 11.8. The van der Waals surface area contributed by atoms with E-state index in [-0.39, 0.29) is 30.4 Å². The van der Waals surface area contributed by atoms with Crippen molar-refractivity contribution in [3.05, 3.63) is 28.8 Å². The van der Waals surface area contributed by atoms with Crippen LogP contribution in [0.1, 0.15) is 5.69 Å². The van der Waals surface area contributed by atoms with Gasteiger partial charge in [-0.2, -0.15) is 14.5 Å². The van der Waals surface area contributed by atoms with Gasteiger partial charge >= 0.3 is 0 Å². The van der Waals surface area contributed by atoms with Crippen LogP contribution in [0.25, 0.3) is 0 Å². The average Bonchev–Trinajstić information content (AvgIpc) is 3.14. The van der Waals surface area contributed by atoms with E-state index in [0.29, 0.717) is 13.1 Å². The Morgan fingerprint density at radius 2 is 1.92 bits per heavy atom. The molecule has 0 aromatic carbocycles. The third-order valence-electron chi connectivity index (χ3n) is 4.09. The van der Waals surface area contributed by atoms with Gasteiger partial charge in [-0.05, 0) is 22.9 Å². The summed E-state index contributed by atoms with van der Waals surface area (Å²) < 4.78 is 30.4. The molecule has 0 bridgehead atoms. The summed E-state index contributed by atoms with van der Waals surface area (Å²) in [5.41, 5.74) is 0.820. The molecule has 0 atom stereocenters. The van der Waals surface area contributed by atoms with Crippen LogP contribution in [-0.2, 0) is 28.4 Å². The van der Waals surface area contributed by atoms with Gasteiger partial charge in [0, 0.05) is 45.6 Å². The summed E-state index contributed by atoms with van der Waals surface area (Å²) in [6.07, 6.45) is 4.58. The summed E-state index contributed by atoms with van der Waals surface area (Å²) in [6, 6.07) is 0. The van der Waals surface area contributed by atoms with Gasteiger partial charge in [-0.25, -0.2) is 8.42 Å². The zero-order valence-corrected chi connectivity index (χ0v) is 16.4. The highest BCUT2D eigenvalue weighted by molar-refractivity contribution is 9.10. The van der Waals surface area contributed by atoms with Crippen molar-refractivity contribution in [3.63, 3.8) is 0 Å². The fourth-order valence-electron chi connectivity index (χ4n) is 2.67. The van der Waals surface area contributed by atoms with Crippen molar-refractivity contribution in [2.75, 3.05) is 26.2 Å². The second-order valence-electron chi connectivity index (χ2n) is 5.89. The fraction of sp³-hybridized carbons (Fsp3) is 0.500. The molecule has 3 heterocycles. The monoisotopic (exact) mass is 430 g/mol. The van der Waals surface area contributed by atoms with Crippen LogP contribution in [0.2, 0.25) is 0 Å². The van der Waals surface area contributed by atoms with Crippen LogP contribution in [-0.4, -0.2) is 69.3 Å². The van der Waals surface area contributed by atoms with Crippen LogP contribution in [0.15, 0.2) is 28.0 Å². The van der Waals surface area contributed by atoms with E-state index in [4.69, 9.17) is 0 Å². The van der Waals surface area contributed by atoms with Gasteiger partial charge in [-0.1, -0.05) is 0 Å². The number of aryl methyl sites for hydroxylation is 2. The van der Waals surface area contributed by atoms with Gasteiger partial charge in [0.05, 0.1) is 16.4 Å². The Bertz CT molecular complexity index is 863. The molecule has 0 unspecified atom stereocenters. The molecule has 1 saturated heterocycles. The second-order valence-corrected chi connectivity index (χ2v) is 8.69. The molecule has 0 spiro atoms. The summed E-state index contributed by atoms with van der Waals surface area (Å²) in [5, 5.41) is 8.16. The van der Waals surface area contributed by atoms with Gasteiger partial charge < -0.3 is 4.90 Å². The van der Waals surface area contributed by atoms with Crippen molar-refractivity contribution in [1.29, 1.82) is 0 Å².